The molecular weight excluding hydrogens is 664 g/mol. The van der Waals surface area contributed by atoms with E-state index in [4.69, 9.17) is 37.9 Å². The average molecular weight is 709 g/mol. The first-order valence-electron chi connectivity index (χ1n) is 18.1. The number of hydrogen-bond donors (Lipinski definition) is 0. The van der Waals surface area contributed by atoms with Gasteiger partial charge >= 0.3 is 11.9 Å². The summed E-state index contributed by atoms with van der Waals surface area (Å²) in [5, 5.41) is 0. The molecule has 2 aliphatic heterocycles. The van der Waals surface area contributed by atoms with Gasteiger partial charge in [-0.05, 0) is 121 Å². The summed E-state index contributed by atoms with van der Waals surface area (Å²) in [5.41, 5.74) is 5.06. The van der Waals surface area contributed by atoms with Crippen LogP contribution in [0.25, 0.3) is 11.1 Å². The smallest absolute Gasteiger partial charge is 0.343 e. The lowest BCUT2D eigenvalue weighted by Crippen LogP contribution is -2.09. The molecule has 0 saturated carbocycles. The molecule has 0 N–H and O–H groups in total. The number of rotatable bonds is 20. The Morgan fingerprint density at radius 1 is 0.558 bits per heavy atom. The number of unbranched alkanes of at least 4 members (excludes halogenated alkanes) is 2. The SMILES string of the molecule is CC1c2cc(OC(=O)c3ccc(OCCCCOCC4CO4)cc3)ccc2-c2ccc(OC(=O)c3ccc(OCCCCOCC4CO4)cc3)cc21. The Morgan fingerprint density at radius 3 is 1.35 bits per heavy atom. The predicted molar refractivity (Wildman–Crippen MR) is 193 cm³/mol. The maximum absolute atomic E-state index is 13.0. The van der Waals surface area contributed by atoms with Crippen LogP contribution in [-0.4, -0.2) is 77.0 Å². The van der Waals surface area contributed by atoms with Crippen LogP contribution >= 0.6 is 0 Å². The van der Waals surface area contributed by atoms with E-state index < -0.39 is 11.9 Å². The highest BCUT2D eigenvalue weighted by Crippen LogP contribution is 2.47. The lowest BCUT2D eigenvalue weighted by Gasteiger charge is -2.11. The van der Waals surface area contributed by atoms with Crippen LogP contribution in [-0.2, 0) is 18.9 Å². The Balaban J connectivity index is 0.863. The van der Waals surface area contributed by atoms with E-state index in [2.05, 4.69) is 6.92 Å². The standard InChI is InChI=1S/C42H44O10/c1-28-39-22-33(51-41(43)29-6-10-31(11-7-29)47-20-4-2-18-45-24-35-26-49-35)14-16-37(39)38-17-15-34(23-40(28)38)52-42(44)30-8-12-32(13-9-30)48-21-5-3-19-46-25-36-27-50-36/h6-17,22-23,28,35-36H,2-5,18-21,24-27H2,1H3. The summed E-state index contributed by atoms with van der Waals surface area (Å²) >= 11 is 0. The van der Waals surface area contributed by atoms with E-state index in [0.29, 0.717) is 73.8 Å². The van der Waals surface area contributed by atoms with E-state index in [0.717, 1.165) is 61.2 Å². The molecule has 0 spiro atoms. The fourth-order valence-electron chi connectivity index (χ4n) is 6.04. The highest BCUT2D eigenvalue weighted by molar-refractivity contribution is 5.92. The topological polar surface area (TPSA) is 115 Å². The summed E-state index contributed by atoms with van der Waals surface area (Å²) < 4.78 is 44.5. The van der Waals surface area contributed by atoms with Gasteiger partial charge < -0.3 is 37.9 Å². The Kier molecular flexibility index (Phi) is 11.8. The van der Waals surface area contributed by atoms with Gasteiger partial charge in [-0.1, -0.05) is 19.1 Å². The fraction of sp³-hybridized carbons (Fsp3) is 0.381. The highest BCUT2D eigenvalue weighted by atomic mass is 16.6. The number of carbonyl (C=O) groups excluding carboxylic acids is 2. The average Bonchev–Trinajstić information content (AvgIpc) is 4.11. The third kappa shape index (κ3) is 9.77. The molecular formula is C42H44O10. The van der Waals surface area contributed by atoms with Crippen molar-refractivity contribution in [1.82, 2.24) is 0 Å². The summed E-state index contributed by atoms with van der Waals surface area (Å²) in [6.45, 7) is 7.57. The Bertz CT molecular complexity index is 1680. The third-order valence-corrected chi connectivity index (χ3v) is 9.19. The van der Waals surface area contributed by atoms with Gasteiger partial charge in [0.15, 0.2) is 0 Å². The van der Waals surface area contributed by atoms with Gasteiger partial charge in [-0.2, -0.15) is 0 Å². The Morgan fingerprint density at radius 2 is 0.942 bits per heavy atom. The molecule has 0 radical (unpaired) electrons. The van der Waals surface area contributed by atoms with Gasteiger partial charge in [0.2, 0.25) is 0 Å². The van der Waals surface area contributed by atoms with Crippen molar-refractivity contribution in [2.75, 3.05) is 52.9 Å². The summed E-state index contributed by atoms with van der Waals surface area (Å²) in [5.74, 6) is 1.45. The van der Waals surface area contributed by atoms with Crippen LogP contribution < -0.4 is 18.9 Å². The lowest BCUT2D eigenvalue weighted by atomic mass is 9.99. The molecule has 4 aromatic rings. The van der Waals surface area contributed by atoms with Crippen molar-refractivity contribution in [3.05, 3.63) is 107 Å². The van der Waals surface area contributed by atoms with Crippen molar-refractivity contribution in [1.29, 1.82) is 0 Å². The molecule has 10 nitrogen and oxygen atoms in total. The predicted octanol–water partition coefficient (Wildman–Crippen LogP) is 7.41. The first-order valence-corrected chi connectivity index (χ1v) is 18.1. The molecule has 1 aliphatic carbocycles. The van der Waals surface area contributed by atoms with E-state index in [1.54, 1.807) is 60.7 Å². The van der Waals surface area contributed by atoms with Gasteiger partial charge in [0, 0.05) is 19.1 Å². The van der Waals surface area contributed by atoms with Crippen LogP contribution in [0.5, 0.6) is 23.0 Å². The second kappa shape index (κ2) is 17.2. The molecule has 0 bridgehead atoms. The minimum Gasteiger partial charge on any atom is -0.494 e. The minimum atomic E-state index is -0.444. The number of benzene rings is 4. The largest absolute Gasteiger partial charge is 0.494 e. The molecule has 0 aromatic heterocycles. The van der Waals surface area contributed by atoms with E-state index in [1.807, 2.05) is 24.3 Å². The Hall–Kier alpha value is -4.74. The fourth-order valence-corrected chi connectivity index (χ4v) is 6.04. The van der Waals surface area contributed by atoms with E-state index in [1.165, 1.54) is 0 Å². The molecule has 2 heterocycles. The van der Waals surface area contributed by atoms with Gasteiger partial charge in [0.25, 0.3) is 0 Å². The minimum absolute atomic E-state index is 0.00715. The number of hydrogen-bond acceptors (Lipinski definition) is 10. The van der Waals surface area contributed by atoms with Crippen molar-refractivity contribution in [3.63, 3.8) is 0 Å². The second-order valence-corrected chi connectivity index (χ2v) is 13.2. The number of esters is 2. The molecule has 3 aliphatic rings. The lowest BCUT2D eigenvalue weighted by molar-refractivity contribution is 0.0725. The van der Waals surface area contributed by atoms with Gasteiger partial charge in [-0.3, -0.25) is 0 Å². The summed E-state index contributed by atoms with van der Waals surface area (Å²) in [7, 11) is 0. The van der Waals surface area contributed by atoms with Gasteiger partial charge in [-0.15, -0.1) is 0 Å². The zero-order valence-corrected chi connectivity index (χ0v) is 29.4. The van der Waals surface area contributed by atoms with Crippen LogP contribution in [0.2, 0.25) is 0 Å². The quantitative estimate of drug-likeness (QED) is 0.0398. The summed E-state index contributed by atoms with van der Waals surface area (Å²) in [6.07, 6.45) is 4.16. The van der Waals surface area contributed by atoms with Crippen molar-refractivity contribution >= 4 is 11.9 Å². The molecule has 0 amide bonds. The van der Waals surface area contributed by atoms with E-state index >= 15 is 0 Å². The third-order valence-electron chi connectivity index (χ3n) is 9.19. The van der Waals surface area contributed by atoms with Crippen LogP contribution in [0.3, 0.4) is 0 Å². The molecule has 10 heteroatoms. The van der Waals surface area contributed by atoms with Crippen molar-refractivity contribution in [2.45, 2.75) is 50.7 Å². The first kappa shape index (κ1) is 35.7. The van der Waals surface area contributed by atoms with Gasteiger partial charge in [0.1, 0.15) is 35.2 Å². The van der Waals surface area contributed by atoms with Crippen LogP contribution in [0.1, 0.15) is 70.4 Å². The maximum Gasteiger partial charge on any atom is 0.343 e. The van der Waals surface area contributed by atoms with E-state index in [-0.39, 0.29) is 18.1 Å². The van der Waals surface area contributed by atoms with Gasteiger partial charge in [-0.25, -0.2) is 9.59 Å². The molecule has 52 heavy (non-hydrogen) atoms. The normalized spacial score (nSPS) is 17.9. The highest BCUT2D eigenvalue weighted by Gasteiger charge is 2.27. The first-order chi connectivity index (χ1) is 25.5. The Labute approximate surface area is 303 Å². The van der Waals surface area contributed by atoms with Crippen molar-refractivity contribution in [3.8, 4) is 34.1 Å². The molecule has 4 aromatic carbocycles. The van der Waals surface area contributed by atoms with Crippen LogP contribution in [0.15, 0.2) is 84.9 Å². The number of carbonyl (C=O) groups is 2. The maximum atomic E-state index is 13.0. The number of fused-ring (bicyclic) bond motifs is 3. The van der Waals surface area contributed by atoms with E-state index in [9.17, 15) is 9.59 Å². The second-order valence-electron chi connectivity index (χ2n) is 13.2. The molecule has 2 unspecified atom stereocenters. The van der Waals surface area contributed by atoms with Crippen LogP contribution in [0.4, 0.5) is 0 Å². The van der Waals surface area contributed by atoms with Crippen molar-refractivity contribution in [2.24, 2.45) is 0 Å². The van der Waals surface area contributed by atoms with Gasteiger partial charge in [0.05, 0.1) is 50.8 Å². The summed E-state index contributed by atoms with van der Waals surface area (Å²) in [4.78, 5) is 26.0. The summed E-state index contributed by atoms with van der Waals surface area (Å²) in [6, 6.07) is 25.3. The van der Waals surface area contributed by atoms with Crippen LogP contribution in [0, 0.1) is 0 Å². The molecule has 272 valence electrons. The van der Waals surface area contributed by atoms with Crippen molar-refractivity contribution < 1.29 is 47.5 Å². The molecule has 2 saturated heterocycles. The molecule has 2 atom stereocenters. The molecule has 2 fully saturated rings. The zero-order valence-electron chi connectivity index (χ0n) is 29.4. The molecule has 7 rings (SSSR count). The zero-order chi connectivity index (χ0) is 35.7. The number of epoxide rings is 2. The monoisotopic (exact) mass is 708 g/mol. The number of ether oxygens (including phenoxy) is 8.